The standard InChI is InChI=1S/C18H23N7O2/c1-23-15-4-3-12(17(27)19-7-5-16-20-11-21-24(16)2)9-14(15)22-18(23)25-8-6-13(26)10-25/h3-4,9,11,13,26H,5-8,10H2,1-2H3,(H,19,27)/t13-/m0/s1. The number of hydrogen-bond acceptors (Lipinski definition) is 6. The molecule has 3 heterocycles. The third-order valence-electron chi connectivity index (χ3n) is 5.00. The van der Waals surface area contributed by atoms with E-state index >= 15 is 0 Å². The lowest BCUT2D eigenvalue weighted by Gasteiger charge is -2.16. The van der Waals surface area contributed by atoms with Crippen LogP contribution in [-0.4, -0.2) is 61.1 Å². The summed E-state index contributed by atoms with van der Waals surface area (Å²) in [5, 5.41) is 16.7. The Labute approximate surface area is 156 Å². The highest BCUT2D eigenvalue weighted by molar-refractivity contribution is 5.97. The molecule has 0 spiro atoms. The van der Waals surface area contributed by atoms with Gasteiger partial charge < -0.3 is 19.9 Å². The highest BCUT2D eigenvalue weighted by Crippen LogP contribution is 2.25. The highest BCUT2D eigenvalue weighted by atomic mass is 16.3. The van der Waals surface area contributed by atoms with E-state index in [4.69, 9.17) is 0 Å². The average Bonchev–Trinajstić information content (AvgIpc) is 3.35. The highest BCUT2D eigenvalue weighted by Gasteiger charge is 2.24. The van der Waals surface area contributed by atoms with E-state index in [0.717, 1.165) is 35.8 Å². The number of nitrogens with zero attached hydrogens (tertiary/aromatic N) is 6. The summed E-state index contributed by atoms with van der Waals surface area (Å²) in [5.74, 6) is 1.51. The van der Waals surface area contributed by atoms with Gasteiger partial charge in [0, 0.05) is 45.7 Å². The molecular weight excluding hydrogens is 346 g/mol. The Hall–Kier alpha value is -2.94. The van der Waals surface area contributed by atoms with E-state index in [1.54, 1.807) is 4.68 Å². The fraction of sp³-hybridized carbons (Fsp3) is 0.444. The normalized spacial score (nSPS) is 17.0. The van der Waals surface area contributed by atoms with E-state index in [1.165, 1.54) is 6.33 Å². The van der Waals surface area contributed by atoms with E-state index in [2.05, 4.69) is 25.3 Å². The van der Waals surface area contributed by atoms with Gasteiger partial charge in [0.15, 0.2) is 0 Å². The summed E-state index contributed by atoms with van der Waals surface area (Å²) in [7, 11) is 3.78. The van der Waals surface area contributed by atoms with Gasteiger partial charge in [-0.1, -0.05) is 0 Å². The molecule has 1 aliphatic rings. The number of aliphatic hydroxyl groups excluding tert-OH is 1. The van der Waals surface area contributed by atoms with Gasteiger partial charge in [-0.2, -0.15) is 5.10 Å². The molecule has 1 amide bonds. The molecule has 1 aliphatic heterocycles. The van der Waals surface area contributed by atoms with Crippen molar-refractivity contribution in [3.8, 4) is 0 Å². The first kappa shape index (κ1) is 17.5. The number of amides is 1. The number of nitrogens with one attached hydrogen (secondary N) is 1. The summed E-state index contributed by atoms with van der Waals surface area (Å²) in [5.41, 5.74) is 2.31. The quantitative estimate of drug-likeness (QED) is 0.668. The number of aromatic nitrogens is 5. The maximum absolute atomic E-state index is 12.5. The van der Waals surface area contributed by atoms with Crippen molar-refractivity contribution < 1.29 is 9.90 Å². The monoisotopic (exact) mass is 369 g/mol. The largest absolute Gasteiger partial charge is 0.391 e. The lowest BCUT2D eigenvalue weighted by Crippen LogP contribution is -2.26. The van der Waals surface area contributed by atoms with Crippen LogP contribution in [0.3, 0.4) is 0 Å². The molecule has 4 rings (SSSR count). The van der Waals surface area contributed by atoms with Crippen LogP contribution < -0.4 is 10.2 Å². The number of carbonyl (C=O) groups excluding carboxylic acids is 1. The number of rotatable bonds is 5. The van der Waals surface area contributed by atoms with Gasteiger partial charge in [0.2, 0.25) is 5.95 Å². The fourth-order valence-corrected chi connectivity index (χ4v) is 3.47. The minimum absolute atomic E-state index is 0.136. The first-order valence-electron chi connectivity index (χ1n) is 9.03. The molecule has 2 aromatic heterocycles. The van der Waals surface area contributed by atoms with E-state index in [1.807, 2.05) is 36.9 Å². The van der Waals surface area contributed by atoms with Crippen molar-refractivity contribution in [1.29, 1.82) is 0 Å². The summed E-state index contributed by atoms with van der Waals surface area (Å²) in [6.07, 6.45) is 2.57. The van der Waals surface area contributed by atoms with Crippen LogP contribution >= 0.6 is 0 Å². The third-order valence-corrected chi connectivity index (χ3v) is 5.00. The van der Waals surface area contributed by atoms with Gasteiger partial charge in [-0.05, 0) is 24.6 Å². The van der Waals surface area contributed by atoms with E-state index in [0.29, 0.717) is 25.1 Å². The van der Waals surface area contributed by atoms with Crippen LogP contribution in [0.2, 0.25) is 0 Å². The fourth-order valence-electron chi connectivity index (χ4n) is 3.47. The zero-order valence-corrected chi connectivity index (χ0v) is 15.5. The van der Waals surface area contributed by atoms with Crippen molar-refractivity contribution in [1.82, 2.24) is 29.6 Å². The van der Waals surface area contributed by atoms with Crippen molar-refractivity contribution in [2.24, 2.45) is 14.1 Å². The molecule has 0 bridgehead atoms. The maximum atomic E-state index is 12.5. The van der Waals surface area contributed by atoms with Crippen molar-refractivity contribution in [2.45, 2.75) is 18.9 Å². The number of fused-ring (bicyclic) bond motifs is 1. The summed E-state index contributed by atoms with van der Waals surface area (Å²) in [6.45, 7) is 1.86. The molecule has 1 atom stereocenters. The first-order valence-corrected chi connectivity index (χ1v) is 9.03. The second-order valence-corrected chi connectivity index (χ2v) is 6.87. The molecule has 0 unspecified atom stereocenters. The van der Waals surface area contributed by atoms with Gasteiger partial charge in [-0.15, -0.1) is 0 Å². The summed E-state index contributed by atoms with van der Waals surface area (Å²) in [6, 6.07) is 5.53. The van der Waals surface area contributed by atoms with Crippen molar-refractivity contribution >= 4 is 22.9 Å². The number of β-amino-alcohol motifs (C(OH)–C–C–N with tert-alkyl or cyclic N) is 1. The van der Waals surface area contributed by atoms with E-state index in [9.17, 15) is 9.90 Å². The van der Waals surface area contributed by atoms with Crippen LogP contribution in [0.4, 0.5) is 5.95 Å². The zero-order valence-electron chi connectivity index (χ0n) is 15.5. The second kappa shape index (κ2) is 6.99. The average molecular weight is 369 g/mol. The van der Waals surface area contributed by atoms with Gasteiger partial charge in [0.05, 0.1) is 17.1 Å². The van der Waals surface area contributed by atoms with Crippen LogP contribution in [0.1, 0.15) is 22.6 Å². The van der Waals surface area contributed by atoms with Gasteiger partial charge in [-0.25, -0.2) is 9.97 Å². The predicted octanol–water partition coefficient (Wildman–Crippen LogP) is 0.245. The maximum Gasteiger partial charge on any atom is 0.251 e. The second-order valence-electron chi connectivity index (χ2n) is 6.87. The Morgan fingerprint density at radius 1 is 1.37 bits per heavy atom. The molecular formula is C18H23N7O2. The Morgan fingerprint density at radius 2 is 2.22 bits per heavy atom. The SMILES string of the molecule is Cn1ncnc1CCNC(=O)c1ccc2c(c1)nc(N1CC[C@H](O)C1)n2C. The van der Waals surface area contributed by atoms with Crippen molar-refractivity contribution in [2.75, 3.05) is 24.5 Å². The van der Waals surface area contributed by atoms with Crippen LogP contribution in [0.25, 0.3) is 11.0 Å². The Kier molecular flexibility index (Phi) is 4.53. The molecule has 9 nitrogen and oxygen atoms in total. The minimum Gasteiger partial charge on any atom is -0.391 e. The van der Waals surface area contributed by atoms with Crippen molar-refractivity contribution in [3.63, 3.8) is 0 Å². The molecule has 142 valence electrons. The smallest absolute Gasteiger partial charge is 0.251 e. The van der Waals surface area contributed by atoms with Crippen LogP contribution in [0.5, 0.6) is 0 Å². The first-order chi connectivity index (χ1) is 13.0. The Balaban J connectivity index is 1.47. The molecule has 0 aliphatic carbocycles. The number of carbonyl (C=O) groups is 1. The molecule has 1 saturated heterocycles. The molecule has 0 radical (unpaired) electrons. The zero-order chi connectivity index (χ0) is 19.0. The number of imidazole rings is 1. The van der Waals surface area contributed by atoms with Crippen LogP contribution in [-0.2, 0) is 20.5 Å². The molecule has 27 heavy (non-hydrogen) atoms. The van der Waals surface area contributed by atoms with Gasteiger partial charge in [0.1, 0.15) is 12.2 Å². The number of benzene rings is 1. The van der Waals surface area contributed by atoms with Gasteiger partial charge in [0.25, 0.3) is 5.91 Å². The number of hydrogen-bond donors (Lipinski definition) is 2. The Morgan fingerprint density at radius 3 is 2.93 bits per heavy atom. The molecule has 2 N–H and O–H groups in total. The molecule has 9 heteroatoms. The van der Waals surface area contributed by atoms with Crippen LogP contribution in [0, 0.1) is 0 Å². The van der Waals surface area contributed by atoms with Gasteiger partial charge >= 0.3 is 0 Å². The van der Waals surface area contributed by atoms with E-state index in [-0.39, 0.29) is 12.0 Å². The summed E-state index contributed by atoms with van der Waals surface area (Å²) >= 11 is 0. The minimum atomic E-state index is -0.305. The molecule has 3 aromatic rings. The third kappa shape index (κ3) is 3.37. The van der Waals surface area contributed by atoms with Crippen molar-refractivity contribution in [3.05, 3.63) is 35.9 Å². The number of aryl methyl sites for hydroxylation is 2. The molecule has 1 fully saturated rings. The summed E-state index contributed by atoms with van der Waals surface area (Å²) in [4.78, 5) is 23.4. The van der Waals surface area contributed by atoms with E-state index < -0.39 is 0 Å². The summed E-state index contributed by atoms with van der Waals surface area (Å²) < 4.78 is 3.70. The molecule has 1 aromatic carbocycles. The predicted molar refractivity (Wildman–Crippen MR) is 101 cm³/mol. The number of aliphatic hydroxyl groups is 1. The molecule has 0 saturated carbocycles. The lowest BCUT2D eigenvalue weighted by atomic mass is 10.2. The topological polar surface area (TPSA) is 101 Å². The van der Waals surface area contributed by atoms with Gasteiger partial charge in [-0.3, -0.25) is 9.48 Å². The Bertz CT molecular complexity index is 977. The van der Waals surface area contributed by atoms with Crippen LogP contribution in [0.15, 0.2) is 24.5 Å². The lowest BCUT2D eigenvalue weighted by molar-refractivity contribution is 0.0954. The number of anilines is 1.